The third-order valence-corrected chi connectivity index (χ3v) is 4.95. The van der Waals surface area contributed by atoms with Gasteiger partial charge in [0.2, 0.25) is 11.8 Å². The molecule has 0 bridgehead atoms. The summed E-state index contributed by atoms with van der Waals surface area (Å²) < 4.78 is 0. The minimum atomic E-state index is 0.190. The van der Waals surface area contributed by atoms with E-state index in [1.165, 1.54) is 0 Å². The molecule has 0 unspecified atom stereocenters. The first-order valence-corrected chi connectivity index (χ1v) is 10.6. The van der Waals surface area contributed by atoms with Crippen LogP contribution in [-0.2, 0) is 9.59 Å². The van der Waals surface area contributed by atoms with Crippen LogP contribution in [0.25, 0.3) is 0 Å². The van der Waals surface area contributed by atoms with E-state index in [-0.39, 0.29) is 11.8 Å². The molecule has 160 valence electrons. The molecular formula is C22H35N5O2. The molecule has 2 amide bonds. The Kier molecular flexibility index (Phi) is 9.47. The highest BCUT2D eigenvalue weighted by molar-refractivity contribution is 5.92. The van der Waals surface area contributed by atoms with Crippen molar-refractivity contribution in [2.75, 3.05) is 38.0 Å². The van der Waals surface area contributed by atoms with E-state index < -0.39 is 0 Å². The van der Waals surface area contributed by atoms with Crippen LogP contribution in [0.5, 0.6) is 0 Å². The molecule has 7 nitrogen and oxygen atoms in total. The molecule has 1 fully saturated rings. The van der Waals surface area contributed by atoms with Crippen molar-refractivity contribution in [2.24, 2.45) is 16.6 Å². The monoisotopic (exact) mass is 401 g/mol. The lowest BCUT2D eigenvalue weighted by molar-refractivity contribution is -0.140. The van der Waals surface area contributed by atoms with Crippen LogP contribution in [0.2, 0.25) is 0 Å². The van der Waals surface area contributed by atoms with Crippen LogP contribution >= 0.6 is 0 Å². The average Bonchev–Trinajstić information content (AvgIpc) is 2.70. The fourth-order valence-electron chi connectivity index (χ4n) is 3.31. The van der Waals surface area contributed by atoms with E-state index in [1.807, 2.05) is 40.1 Å². The number of unbranched alkanes of at least 4 members (excludes halogenated alkanes) is 2. The van der Waals surface area contributed by atoms with Crippen molar-refractivity contribution in [1.82, 2.24) is 9.80 Å². The average molecular weight is 402 g/mol. The summed E-state index contributed by atoms with van der Waals surface area (Å²) in [7, 11) is 0. The lowest BCUT2D eigenvalue weighted by atomic mass is 10.1. The van der Waals surface area contributed by atoms with E-state index >= 15 is 0 Å². The molecule has 0 aromatic heterocycles. The molecule has 1 heterocycles. The molecular weight excluding hydrogens is 366 g/mol. The molecule has 0 aliphatic carbocycles. The van der Waals surface area contributed by atoms with Crippen molar-refractivity contribution in [3.05, 3.63) is 30.3 Å². The maximum atomic E-state index is 12.4. The third-order valence-electron chi connectivity index (χ3n) is 4.95. The number of anilines is 1. The quantitative estimate of drug-likeness (QED) is 0.378. The third kappa shape index (κ3) is 8.54. The lowest BCUT2D eigenvalue weighted by Gasteiger charge is -2.35. The fourth-order valence-corrected chi connectivity index (χ4v) is 3.31. The second-order valence-electron chi connectivity index (χ2n) is 7.93. The highest BCUT2D eigenvalue weighted by Crippen LogP contribution is 2.11. The van der Waals surface area contributed by atoms with Crippen molar-refractivity contribution >= 4 is 23.5 Å². The van der Waals surface area contributed by atoms with Crippen LogP contribution in [0.4, 0.5) is 5.69 Å². The molecule has 1 saturated heterocycles. The van der Waals surface area contributed by atoms with E-state index in [0.717, 1.165) is 24.9 Å². The van der Waals surface area contributed by atoms with Gasteiger partial charge in [0.05, 0.1) is 0 Å². The number of hydrogen-bond acceptors (Lipinski definition) is 3. The van der Waals surface area contributed by atoms with Crippen molar-refractivity contribution < 1.29 is 9.59 Å². The van der Waals surface area contributed by atoms with Gasteiger partial charge in [-0.25, -0.2) is 0 Å². The second kappa shape index (κ2) is 12.1. The van der Waals surface area contributed by atoms with Gasteiger partial charge >= 0.3 is 0 Å². The van der Waals surface area contributed by atoms with Gasteiger partial charge < -0.3 is 20.9 Å². The number of carbonyl (C=O) groups excluding carboxylic acids is 2. The minimum Gasteiger partial charge on any atom is -0.370 e. The van der Waals surface area contributed by atoms with Crippen LogP contribution in [0, 0.1) is 5.92 Å². The minimum absolute atomic E-state index is 0.190. The van der Waals surface area contributed by atoms with Gasteiger partial charge in [0.1, 0.15) is 0 Å². The summed E-state index contributed by atoms with van der Waals surface area (Å²) in [6, 6.07) is 9.71. The first-order valence-electron chi connectivity index (χ1n) is 10.6. The normalized spacial score (nSPS) is 14.9. The number of para-hydroxylation sites is 1. The van der Waals surface area contributed by atoms with E-state index in [0.29, 0.717) is 57.4 Å². The highest BCUT2D eigenvalue weighted by atomic mass is 16.2. The second-order valence-corrected chi connectivity index (χ2v) is 7.93. The summed E-state index contributed by atoms with van der Waals surface area (Å²) in [4.78, 5) is 32.6. The van der Waals surface area contributed by atoms with Gasteiger partial charge in [-0.05, 0) is 30.9 Å². The molecule has 2 rings (SSSR count). The Morgan fingerprint density at radius 2 is 1.62 bits per heavy atom. The SMILES string of the molecule is CC(C)CC(=O)N1CCN(C(=O)CCCCCN=C(N)Nc2ccccc2)CC1. The van der Waals surface area contributed by atoms with Gasteiger partial charge in [-0.1, -0.05) is 38.5 Å². The first-order chi connectivity index (χ1) is 14.0. The molecule has 0 spiro atoms. The summed E-state index contributed by atoms with van der Waals surface area (Å²) in [5, 5.41) is 3.05. The van der Waals surface area contributed by atoms with E-state index in [9.17, 15) is 9.59 Å². The Labute approximate surface area is 174 Å². The number of hydrogen-bond donors (Lipinski definition) is 2. The van der Waals surface area contributed by atoms with Gasteiger partial charge in [0.25, 0.3) is 0 Å². The van der Waals surface area contributed by atoms with Gasteiger partial charge in [0.15, 0.2) is 5.96 Å². The van der Waals surface area contributed by atoms with Gasteiger partial charge in [0, 0.05) is 51.3 Å². The topological polar surface area (TPSA) is 91.0 Å². The summed E-state index contributed by atoms with van der Waals surface area (Å²) in [6.07, 6.45) is 3.85. The van der Waals surface area contributed by atoms with Crippen LogP contribution in [-0.4, -0.2) is 60.3 Å². The first kappa shape index (κ1) is 22.7. The van der Waals surface area contributed by atoms with E-state index in [4.69, 9.17) is 5.73 Å². The number of guanidine groups is 1. The Bertz CT molecular complexity index is 667. The molecule has 0 radical (unpaired) electrons. The number of nitrogens with two attached hydrogens (primary N) is 1. The number of piperazine rings is 1. The molecule has 1 aliphatic heterocycles. The lowest BCUT2D eigenvalue weighted by Crippen LogP contribution is -2.50. The molecule has 7 heteroatoms. The maximum absolute atomic E-state index is 12.4. The van der Waals surface area contributed by atoms with Crippen LogP contribution in [0.1, 0.15) is 46.0 Å². The largest absolute Gasteiger partial charge is 0.370 e. The van der Waals surface area contributed by atoms with E-state index in [1.54, 1.807) is 0 Å². The summed E-state index contributed by atoms with van der Waals surface area (Å²) in [5.74, 6) is 1.18. The van der Waals surface area contributed by atoms with E-state index in [2.05, 4.69) is 24.2 Å². The smallest absolute Gasteiger partial charge is 0.222 e. The molecule has 1 aromatic carbocycles. The Morgan fingerprint density at radius 3 is 2.24 bits per heavy atom. The summed E-state index contributed by atoms with van der Waals surface area (Å²) >= 11 is 0. The zero-order valence-electron chi connectivity index (χ0n) is 17.8. The van der Waals surface area contributed by atoms with Crippen LogP contribution < -0.4 is 11.1 Å². The molecule has 3 N–H and O–H groups in total. The van der Waals surface area contributed by atoms with Crippen molar-refractivity contribution in [1.29, 1.82) is 0 Å². The van der Waals surface area contributed by atoms with Gasteiger partial charge in [-0.3, -0.25) is 14.6 Å². The number of nitrogens with one attached hydrogen (secondary N) is 1. The van der Waals surface area contributed by atoms with Gasteiger partial charge in [-0.2, -0.15) is 0 Å². The Morgan fingerprint density at radius 1 is 1.00 bits per heavy atom. The van der Waals surface area contributed by atoms with Crippen molar-refractivity contribution in [3.8, 4) is 0 Å². The Hall–Kier alpha value is -2.57. The molecule has 1 aliphatic rings. The fraction of sp³-hybridized carbons (Fsp3) is 0.591. The molecule has 29 heavy (non-hydrogen) atoms. The number of nitrogens with zero attached hydrogens (tertiary/aromatic N) is 3. The van der Waals surface area contributed by atoms with Crippen molar-refractivity contribution in [2.45, 2.75) is 46.0 Å². The molecule has 0 atom stereocenters. The number of carbonyl (C=O) groups is 2. The van der Waals surface area contributed by atoms with Crippen LogP contribution in [0.15, 0.2) is 35.3 Å². The molecule has 0 saturated carbocycles. The number of rotatable bonds is 9. The standard InChI is InChI=1S/C22H35N5O2/c1-18(2)17-21(29)27-15-13-26(14-16-27)20(28)11-7-4-8-12-24-22(23)25-19-9-5-3-6-10-19/h3,5-6,9-10,18H,4,7-8,11-17H2,1-2H3,(H3,23,24,25). The highest BCUT2D eigenvalue weighted by Gasteiger charge is 2.23. The Balaban J connectivity index is 1.56. The zero-order chi connectivity index (χ0) is 21.1. The van der Waals surface area contributed by atoms with Crippen LogP contribution in [0.3, 0.4) is 0 Å². The number of amides is 2. The predicted molar refractivity (Wildman–Crippen MR) is 118 cm³/mol. The number of aliphatic imine (C=N–C) groups is 1. The summed E-state index contributed by atoms with van der Waals surface area (Å²) in [5.41, 5.74) is 6.80. The summed E-state index contributed by atoms with van der Waals surface area (Å²) in [6.45, 7) is 7.35. The van der Waals surface area contributed by atoms with Crippen molar-refractivity contribution in [3.63, 3.8) is 0 Å². The zero-order valence-corrected chi connectivity index (χ0v) is 17.8. The number of benzene rings is 1. The molecule has 1 aromatic rings. The van der Waals surface area contributed by atoms with Gasteiger partial charge in [-0.15, -0.1) is 0 Å². The predicted octanol–water partition coefficient (Wildman–Crippen LogP) is 2.69. The maximum Gasteiger partial charge on any atom is 0.222 e.